The van der Waals surface area contributed by atoms with Gasteiger partial charge in [-0.2, -0.15) is 5.26 Å². The number of aromatic nitrogens is 4. The zero-order valence-corrected chi connectivity index (χ0v) is 24.1. The van der Waals surface area contributed by atoms with Gasteiger partial charge >= 0.3 is 18.0 Å². The fourth-order valence-electron chi connectivity index (χ4n) is 6.32. The fourth-order valence-corrected chi connectivity index (χ4v) is 6.32. The lowest BCUT2D eigenvalue weighted by Gasteiger charge is -2.30. The van der Waals surface area contributed by atoms with Crippen molar-refractivity contribution >= 4 is 23.7 Å². The minimum atomic E-state index is -0.774. The SMILES string of the molecule is CC(=O)OCC(COC(C)=O)N1CC2C(C1)C2(C#N)c1ccc(-c2ccc(N3C[C@H](Cn4ccnn4)OC3=O)cc2F)cn1. The molecule has 2 unspecified atom stereocenters. The Bertz CT molecular complexity index is 1580. The molecule has 3 aliphatic rings. The second kappa shape index (κ2) is 11.6. The third kappa shape index (κ3) is 5.46. The highest BCUT2D eigenvalue weighted by Gasteiger charge is 2.71. The van der Waals surface area contributed by atoms with Gasteiger partial charge in [-0.15, -0.1) is 5.10 Å². The summed E-state index contributed by atoms with van der Waals surface area (Å²) in [6.45, 7) is 4.52. The monoisotopic (exact) mass is 603 g/mol. The van der Waals surface area contributed by atoms with E-state index < -0.39 is 35.4 Å². The molecule has 4 heterocycles. The number of rotatable bonds is 10. The van der Waals surface area contributed by atoms with E-state index in [0.717, 1.165) is 0 Å². The first kappa shape index (κ1) is 29.2. The van der Waals surface area contributed by atoms with E-state index in [1.807, 2.05) is 0 Å². The molecule has 13 nitrogen and oxygen atoms in total. The molecule has 228 valence electrons. The van der Waals surface area contributed by atoms with Crippen molar-refractivity contribution in [2.45, 2.75) is 38.0 Å². The minimum Gasteiger partial charge on any atom is -0.464 e. The Morgan fingerprint density at radius 2 is 1.86 bits per heavy atom. The predicted molar refractivity (Wildman–Crippen MR) is 150 cm³/mol. The number of carbonyl (C=O) groups excluding carboxylic acids is 3. The first-order valence-electron chi connectivity index (χ1n) is 14.2. The molecule has 0 bridgehead atoms. The highest BCUT2D eigenvalue weighted by atomic mass is 19.1. The lowest BCUT2D eigenvalue weighted by atomic mass is 9.95. The minimum absolute atomic E-state index is 0.00706. The molecule has 1 amide bonds. The number of hydrogen-bond acceptors (Lipinski definition) is 11. The number of benzene rings is 1. The Kier molecular flexibility index (Phi) is 7.73. The second-order valence-corrected chi connectivity index (χ2v) is 11.2. The zero-order valence-electron chi connectivity index (χ0n) is 24.1. The van der Waals surface area contributed by atoms with Crippen molar-refractivity contribution < 1.29 is 33.0 Å². The Balaban J connectivity index is 1.12. The van der Waals surface area contributed by atoms with Crippen LogP contribution in [0, 0.1) is 29.0 Å². The van der Waals surface area contributed by atoms with Gasteiger partial charge in [-0.05, 0) is 24.3 Å². The summed E-state index contributed by atoms with van der Waals surface area (Å²) in [5, 5.41) is 17.8. The van der Waals surface area contributed by atoms with Gasteiger partial charge in [0.1, 0.15) is 30.5 Å². The lowest BCUT2D eigenvalue weighted by Crippen LogP contribution is -2.44. The molecule has 14 heteroatoms. The van der Waals surface area contributed by atoms with E-state index in [1.165, 1.54) is 31.0 Å². The number of hydrogen-bond donors (Lipinski definition) is 0. The molecule has 3 atom stereocenters. The highest BCUT2D eigenvalue weighted by Crippen LogP contribution is 2.63. The van der Waals surface area contributed by atoms with Crippen LogP contribution < -0.4 is 4.90 Å². The van der Waals surface area contributed by atoms with E-state index in [-0.39, 0.29) is 37.6 Å². The lowest BCUT2D eigenvalue weighted by molar-refractivity contribution is -0.147. The number of anilines is 1. The first-order chi connectivity index (χ1) is 21.2. The predicted octanol–water partition coefficient (Wildman–Crippen LogP) is 2.32. The van der Waals surface area contributed by atoms with Crippen LogP contribution in [0.4, 0.5) is 14.9 Å². The van der Waals surface area contributed by atoms with E-state index in [4.69, 9.17) is 14.2 Å². The largest absolute Gasteiger partial charge is 0.464 e. The maximum Gasteiger partial charge on any atom is 0.414 e. The van der Waals surface area contributed by atoms with Gasteiger partial charge in [-0.3, -0.25) is 24.4 Å². The molecule has 1 saturated carbocycles. The van der Waals surface area contributed by atoms with Crippen molar-refractivity contribution in [2.75, 3.05) is 37.7 Å². The van der Waals surface area contributed by atoms with Gasteiger partial charge in [-0.1, -0.05) is 11.3 Å². The molecule has 1 aliphatic carbocycles. The van der Waals surface area contributed by atoms with Gasteiger partial charge in [0.15, 0.2) is 0 Å². The Hall–Kier alpha value is -4.90. The molecule has 2 aromatic heterocycles. The van der Waals surface area contributed by atoms with Gasteiger partial charge in [0.05, 0.1) is 42.8 Å². The summed E-state index contributed by atoms with van der Waals surface area (Å²) in [5.74, 6) is -1.35. The molecule has 0 N–H and O–H groups in total. The van der Waals surface area contributed by atoms with Crippen LogP contribution in [0.2, 0.25) is 0 Å². The maximum atomic E-state index is 15.3. The van der Waals surface area contributed by atoms with E-state index in [9.17, 15) is 19.6 Å². The van der Waals surface area contributed by atoms with Crippen LogP contribution >= 0.6 is 0 Å². The van der Waals surface area contributed by atoms with Crippen molar-refractivity contribution in [3.63, 3.8) is 0 Å². The van der Waals surface area contributed by atoms with Crippen molar-refractivity contribution in [1.82, 2.24) is 24.9 Å². The number of carbonyl (C=O) groups is 3. The summed E-state index contributed by atoms with van der Waals surface area (Å²) in [5.41, 5.74) is 1.07. The number of nitrogens with zero attached hydrogens (tertiary/aromatic N) is 7. The average molecular weight is 604 g/mol. The highest BCUT2D eigenvalue weighted by molar-refractivity contribution is 5.90. The number of nitriles is 1. The number of esters is 2. The molecule has 0 spiro atoms. The smallest absolute Gasteiger partial charge is 0.414 e. The number of likely N-dealkylation sites (tertiary alicyclic amines) is 1. The van der Waals surface area contributed by atoms with E-state index in [0.29, 0.717) is 42.1 Å². The Labute approximate surface area is 252 Å². The van der Waals surface area contributed by atoms with Crippen molar-refractivity contribution in [3.05, 3.63) is 60.4 Å². The number of ether oxygens (including phenoxy) is 3. The third-order valence-electron chi connectivity index (χ3n) is 8.57. The first-order valence-corrected chi connectivity index (χ1v) is 14.2. The van der Waals surface area contributed by atoms with Crippen LogP contribution in [0.25, 0.3) is 11.1 Å². The third-order valence-corrected chi connectivity index (χ3v) is 8.57. The molecule has 3 aromatic rings. The molecule has 1 aromatic carbocycles. The Morgan fingerprint density at radius 3 is 2.43 bits per heavy atom. The van der Waals surface area contributed by atoms with Crippen LogP contribution in [0.15, 0.2) is 48.9 Å². The van der Waals surface area contributed by atoms with Crippen LogP contribution in [-0.4, -0.2) is 87.9 Å². The fraction of sp³-hybridized carbons (Fsp3) is 0.433. The molecule has 0 radical (unpaired) electrons. The van der Waals surface area contributed by atoms with Crippen molar-refractivity contribution in [1.29, 1.82) is 5.26 Å². The Morgan fingerprint density at radius 1 is 1.14 bits per heavy atom. The van der Waals surface area contributed by atoms with Gasteiger partial charge in [0, 0.05) is 62.3 Å². The molecular weight excluding hydrogens is 573 g/mol. The molecular formula is C30H30FN7O6. The molecule has 2 saturated heterocycles. The molecule has 3 fully saturated rings. The normalized spacial score (nSPS) is 24.1. The van der Waals surface area contributed by atoms with Gasteiger partial charge in [0.25, 0.3) is 0 Å². The number of halogens is 1. The second-order valence-electron chi connectivity index (χ2n) is 11.2. The average Bonchev–Trinajstić information content (AvgIpc) is 3.49. The number of fused-ring (bicyclic) bond motifs is 1. The van der Waals surface area contributed by atoms with E-state index in [2.05, 4.69) is 26.3 Å². The van der Waals surface area contributed by atoms with E-state index in [1.54, 1.807) is 41.3 Å². The van der Waals surface area contributed by atoms with Gasteiger partial charge < -0.3 is 14.2 Å². The summed E-state index contributed by atoms with van der Waals surface area (Å²) in [4.78, 5) is 43.2. The summed E-state index contributed by atoms with van der Waals surface area (Å²) in [6, 6.07) is 10.2. The van der Waals surface area contributed by atoms with Gasteiger partial charge in [0.2, 0.25) is 0 Å². The number of pyridine rings is 1. The summed E-state index contributed by atoms with van der Waals surface area (Å²) >= 11 is 0. The molecule has 44 heavy (non-hydrogen) atoms. The quantitative estimate of drug-likeness (QED) is 0.248. The zero-order chi connectivity index (χ0) is 31.0. The number of cyclic esters (lactones) is 1. The van der Waals surface area contributed by atoms with Gasteiger partial charge in [-0.25, -0.2) is 13.9 Å². The number of amides is 1. The van der Waals surface area contributed by atoms with Crippen LogP contribution in [-0.2, 0) is 35.8 Å². The standard InChI is InChI=1S/C30H30FN7O6/c1-18(39)42-15-22(16-43-19(2)40)36-13-25-26(14-36)30(25,17-32)28-6-3-20(10-33-28)24-5-4-21(9-27(24)31)38-12-23(44-29(38)41)11-37-8-7-34-35-37/h3-10,22-23,25-26H,11-16H2,1-2H3/t23-,25?,26?,30?/m0/s1. The van der Waals surface area contributed by atoms with E-state index >= 15 is 4.39 Å². The van der Waals surface area contributed by atoms with Crippen LogP contribution in [0.3, 0.4) is 0 Å². The van der Waals surface area contributed by atoms with Crippen molar-refractivity contribution in [3.8, 4) is 17.2 Å². The molecule has 6 rings (SSSR count). The van der Waals surface area contributed by atoms with Crippen LogP contribution in [0.1, 0.15) is 19.5 Å². The summed E-state index contributed by atoms with van der Waals surface area (Å²) in [6.07, 6.45) is 3.76. The summed E-state index contributed by atoms with van der Waals surface area (Å²) < 4.78 is 32.7. The van der Waals surface area contributed by atoms with Crippen molar-refractivity contribution in [2.24, 2.45) is 11.8 Å². The maximum absolute atomic E-state index is 15.3. The summed E-state index contributed by atoms with van der Waals surface area (Å²) in [7, 11) is 0. The topological polar surface area (TPSA) is 153 Å². The van der Waals surface area contributed by atoms with Crippen LogP contribution in [0.5, 0.6) is 0 Å². The number of piperidine rings is 1. The molecule has 2 aliphatic heterocycles.